The predicted octanol–water partition coefficient (Wildman–Crippen LogP) is 5.09. The van der Waals surface area contributed by atoms with E-state index in [-0.39, 0.29) is 5.56 Å². The molecule has 25 heavy (non-hydrogen) atoms. The zero-order chi connectivity index (χ0) is 17.8. The van der Waals surface area contributed by atoms with E-state index in [2.05, 4.69) is 6.92 Å². The number of para-hydroxylation sites is 1. The summed E-state index contributed by atoms with van der Waals surface area (Å²) in [4.78, 5) is 16.4. The summed E-state index contributed by atoms with van der Waals surface area (Å²) in [7, 11) is 0. The van der Waals surface area contributed by atoms with E-state index in [4.69, 9.17) is 9.72 Å². The molecule has 1 aromatic heterocycles. The zero-order valence-corrected chi connectivity index (χ0v) is 14.5. The van der Waals surface area contributed by atoms with Gasteiger partial charge in [0.05, 0.1) is 23.4 Å². The molecule has 0 bridgehead atoms. The van der Waals surface area contributed by atoms with Crippen LogP contribution in [0.2, 0.25) is 0 Å². The Morgan fingerprint density at radius 3 is 2.72 bits per heavy atom. The van der Waals surface area contributed by atoms with Gasteiger partial charge in [-0.25, -0.2) is 9.78 Å². The van der Waals surface area contributed by atoms with Gasteiger partial charge in [-0.05, 0) is 37.1 Å². The summed E-state index contributed by atoms with van der Waals surface area (Å²) < 4.78 is 5.75. The Morgan fingerprint density at radius 1 is 1.16 bits per heavy atom. The fourth-order valence-corrected chi connectivity index (χ4v) is 2.80. The van der Waals surface area contributed by atoms with Gasteiger partial charge in [-0.15, -0.1) is 0 Å². The van der Waals surface area contributed by atoms with Gasteiger partial charge in [-0.1, -0.05) is 43.7 Å². The van der Waals surface area contributed by atoms with Crippen LogP contribution < -0.4 is 4.74 Å². The Hall–Kier alpha value is -2.88. The third kappa shape index (κ3) is 3.63. The standard InChI is InChI=1S/C21H21NO3/c1-3-4-11-25-16-9-6-8-15(12-16)19-13-18(21(23)24)17-10-5-7-14(2)20(17)22-19/h5-10,12-13H,3-4,11H2,1-2H3,(H,23,24). The molecule has 0 aliphatic carbocycles. The third-order valence-electron chi connectivity index (χ3n) is 4.17. The highest BCUT2D eigenvalue weighted by molar-refractivity contribution is 6.04. The molecular weight excluding hydrogens is 314 g/mol. The van der Waals surface area contributed by atoms with Gasteiger partial charge in [0.25, 0.3) is 0 Å². The largest absolute Gasteiger partial charge is 0.494 e. The molecular formula is C21H21NO3. The maximum absolute atomic E-state index is 11.7. The lowest BCUT2D eigenvalue weighted by Crippen LogP contribution is -2.01. The van der Waals surface area contributed by atoms with Gasteiger partial charge in [-0.2, -0.15) is 0 Å². The molecule has 4 nitrogen and oxygen atoms in total. The predicted molar refractivity (Wildman–Crippen MR) is 99.3 cm³/mol. The number of pyridine rings is 1. The Kier molecular flexibility index (Phi) is 4.98. The normalized spacial score (nSPS) is 10.8. The summed E-state index contributed by atoms with van der Waals surface area (Å²) in [6, 6.07) is 14.9. The molecule has 0 aliphatic heterocycles. The van der Waals surface area contributed by atoms with Crippen LogP contribution in [0.3, 0.4) is 0 Å². The number of hydrogen-bond acceptors (Lipinski definition) is 3. The number of carboxylic acid groups (broad SMARTS) is 1. The molecule has 0 spiro atoms. The molecule has 3 aromatic rings. The summed E-state index contributed by atoms with van der Waals surface area (Å²) in [5, 5.41) is 10.2. The number of hydrogen-bond donors (Lipinski definition) is 1. The van der Waals surface area contributed by atoms with Crippen LogP contribution in [-0.4, -0.2) is 22.7 Å². The van der Waals surface area contributed by atoms with E-state index in [0.717, 1.165) is 35.2 Å². The highest BCUT2D eigenvalue weighted by Gasteiger charge is 2.14. The number of fused-ring (bicyclic) bond motifs is 1. The van der Waals surface area contributed by atoms with Crippen molar-refractivity contribution in [3.63, 3.8) is 0 Å². The number of unbranched alkanes of at least 4 members (excludes halogenated alkanes) is 1. The van der Waals surface area contributed by atoms with E-state index in [1.54, 1.807) is 12.1 Å². The Bertz CT molecular complexity index is 918. The maximum atomic E-state index is 11.7. The van der Waals surface area contributed by atoms with Crippen LogP contribution in [0.5, 0.6) is 5.75 Å². The summed E-state index contributed by atoms with van der Waals surface area (Å²) >= 11 is 0. The van der Waals surface area contributed by atoms with Crippen LogP contribution in [-0.2, 0) is 0 Å². The van der Waals surface area contributed by atoms with Crippen molar-refractivity contribution < 1.29 is 14.6 Å². The van der Waals surface area contributed by atoms with Crippen LogP contribution in [0.1, 0.15) is 35.7 Å². The average Bonchev–Trinajstić information content (AvgIpc) is 2.62. The number of rotatable bonds is 6. The minimum absolute atomic E-state index is 0.265. The Labute approximate surface area is 147 Å². The van der Waals surface area contributed by atoms with E-state index >= 15 is 0 Å². The van der Waals surface area contributed by atoms with Crippen molar-refractivity contribution in [2.75, 3.05) is 6.61 Å². The summed E-state index contributed by atoms with van der Waals surface area (Å²) in [6.07, 6.45) is 2.08. The minimum atomic E-state index is -0.949. The molecule has 1 heterocycles. The zero-order valence-electron chi connectivity index (χ0n) is 14.5. The number of aryl methyl sites for hydroxylation is 1. The smallest absolute Gasteiger partial charge is 0.336 e. The van der Waals surface area contributed by atoms with Crippen molar-refractivity contribution in [3.05, 3.63) is 59.7 Å². The first-order valence-corrected chi connectivity index (χ1v) is 8.47. The number of ether oxygens (including phenoxy) is 1. The average molecular weight is 335 g/mol. The van der Waals surface area contributed by atoms with Gasteiger partial charge in [0.2, 0.25) is 0 Å². The molecule has 0 aliphatic rings. The molecule has 0 unspecified atom stereocenters. The topological polar surface area (TPSA) is 59.4 Å². The minimum Gasteiger partial charge on any atom is -0.494 e. The Balaban J connectivity index is 2.08. The highest BCUT2D eigenvalue weighted by Crippen LogP contribution is 2.28. The molecule has 1 N–H and O–H groups in total. The molecule has 0 amide bonds. The fraction of sp³-hybridized carbons (Fsp3) is 0.238. The van der Waals surface area contributed by atoms with Crippen LogP contribution in [0.4, 0.5) is 0 Å². The molecule has 128 valence electrons. The van der Waals surface area contributed by atoms with Crippen LogP contribution in [0.25, 0.3) is 22.2 Å². The highest BCUT2D eigenvalue weighted by atomic mass is 16.5. The van der Waals surface area contributed by atoms with Gasteiger partial charge in [0, 0.05) is 10.9 Å². The lowest BCUT2D eigenvalue weighted by atomic mass is 10.0. The van der Waals surface area contributed by atoms with Crippen LogP contribution >= 0.6 is 0 Å². The van der Waals surface area contributed by atoms with Gasteiger partial charge < -0.3 is 9.84 Å². The number of benzene rings is 2. The molecule has 0 saturated heterocycles. The van der Waals surface area contributed by atoms with Crippen molar-refractivity contribution in [3.8, 4) is 17.0 Å². The maximum Gasteiger partial charge on any atom is 0.336 e. The van der Waals surface area contributed by atoms with Gasteiger partial charge in [-0.3, -0.25) is 0 Å². The molecule has 0 radical (unpaired) electrons. The van der Waals surface area contributed by atoms with Crippen molar-refractivity contribution in [1.82, 2.24) is 4.98 Å². The second kappa shape index (κ2) is 7.34. The number of carboxylic acids is 1. The van der Waals surface area contributed by atoms with Gasteiger partial charge >= 0.3 is 5.97 Å². The molecule has 0 atom stereocenters. The van der Waals surface area contributed by atoms with Gasteiger partial charge in [0.1, 0.15) is 5.75 Å². The lowest BCUT2D eigenvalue weighted by Gasteiger charge is -2.10. The second-order valence-electron chi connectivity index (χ2n) is 6.06. The van der Waals surface area contributed by atoms with E-state index in [0.29, 0.717) is 17.7 Å². The quantitative estimate of drug-likeness (QED) is 0.638. The third-order valence-corrected chi connectivity index (χ3v) is 4.17. The Morgan fingerprint density at radius 2 is 1.96 bits per heavy atom. The number of nitrogens with zero attached hydrogens (tertiary/aromatic N) is 1. The molecule has 0 saturated carbocycles. The summed E-state index contributed by atoms with van der Waals surface area (Å²) in [5.74, 6) is -0.177. The lowest BCUT2D eigenvalue weighted by molar-refractivity contribution is 0.0699. The van der Waals surface area contributed by atoms with Gasteiger partial charge in [0.15, 0.2) is 0 Å². The number of carbonyl (C=O) groups is 1. The van der Waals surface area contributed by atoms with Crippen LogP contribution in [0.15, 0.2) is 48.5 Å². The van der Waals surface area contributed by atoms with Crippen molar-refractivity contribution in [1.29, 1.82) is 0 Å². The first kappa shape index (κ1) is 17.0. The van der Waals surface area contributed by atoms with E-state index in [1.165, 1.54) is 0 Å². The molecule has 2 aromatic carbocycles. The van der Waals surface area contributed by atoms with Crippen LogP contribution in [0, 0.1) is 6.92 Å². The SMILES string of the molecule is CCCCOc1cccc(-c2cc(C(=O)O)c3cccc(C)c3n2)c1. The first-order valence-electron chi connectivity index (χ1n) is 8.47. The van der Waals surface area contributed by atoms with E-state index < -0.39 is 5.97 Å². The van der Waals surface area contributed by atoms with E-state index in [1.807, 2.05) is 43.3 Å². The fourth-order valence-electron chi connectivity index (χ4n) is 2.80. The molecule has 4 heteroatoms. The summed E-state index contributed by atoms with van der Waals surface area (Å²) in [5.41, 5.74) is 3.43. The summed E-state index contributed by atoms with van der Waals surface area (Å²) in [6.45, 7) is 4.73. The monoisotopic (exact) mass is 335 g/mol. The van der Waals surface area contributed by atoms with Crippen molar-refractivity contribution in [2.45, 2.75) is 26.7 Å². The van der Waals surface area contributed by atoms with Crippen molar-refractivity contribution in [2.24, 2.45) is 0 Å². The second-order valence-corrected chi connectivity index (χ2v) is 6.06. The number of aromatic nitrogens is 1. The van der Waals surface area contributed by atoms with E-state index in [9.17, 15) is 9.90 Å². The molecule has 3 rings (SSSR count). The first-order chi connectivity index (χ1) is 12.1. The number of aromatic carboxylic acids is 1. The molecule has 0 fully saturated rings. The van der Waals surface area contributed by atoms with Crippen molar-refractivity contribution >= 4 is 16.9 Å².